The van der Waals surface area contributed by atoms with Crippen LogP contribution in [0.5, 0.6) is 0 Å². The van der Waals surface area contributed by atoms with Crippen molar-refractivity contribution in [2.24, 2.45) is 0 Å². The lowest BCUT2D eigenvalue weighted by Crippen LogP contribution is -2.07. The zero-order valence-electron chi connectivity index (χ0n) is 7.40. The van der Waals surface area contributed by atoms with Gasteiger partial charge in [0, 0.05) is 23.6 Å². The molecule has 4 heteroatoms. The zero-order chi connectivity index (χ0) is 9.97. The van der Waals surface area contributed by atoms with Crippen LogP contribution in [0.3, 0.4) is 0 Å². The Labute approximate surface area is 80.4 Å². The van der Waals surface area contributed by atoms with Crippen molar-refractivity contribution in [1.29, 1.82) is 0 Å². The highest BCUT2D eigenvalue weighted by Crippen LogP contribution is 2.17. The summed E-state index contributed by atoms with van der Waals surface area (Å²) in [6.45, 7) is 0. The van der Waals surface area contributed by atoms with Crippen molar-refractivity contribution < 1.29 is 0 Å². The van der Waals surface area contributed by atoms with Gasteiger partial charge >= 0.3 is 5.69 Å². The largest absolute Gasteiger partial charge is 0.399 e. The van der Waals surface area contributed by atoms with Crippen LogP contribution in [0.15, 0.2) is 41.5 Å². The van der Waals surface area contributed by atoms with E-state index in [4.69, 9.17) is 5.73 Å². The third-order valence-electron chi connectivity index (χ3n) is 1.92. The van der Waals surface area contributed by atoms with E-state index in [1.807, 2.05) is 12.1 Å². The van der Waals surface area contributed by atoms with Crippen LogP contribution in [0, 0.1) is 0 Å². The fourth-order valence-electron chi connectivity index (χ4n) is 1.18. The molecule has 0 radical (unpaired) electrons. The molecule has 0 amide bonds. The van der Waals surface area contributed by atoms with Gasteiger partial charge in [0.15, 0.2) is 0 Å². The van der Waals surface area contributed by atoms with E-state index in [1.165, 1.54) is 6.20 Å². The predicted molar refractivity (Wildman–Crippen MR) is 54.7 cm³/mol. The van der Waals surface area contributed by atoms with Gasteiger partial charge in [-0.05, 0) is 17.7 Å². The number of H-pyrrole nitrogens is 1. The molecule has 0 aliphatic rings. The number of nitrogens with one attached hydrogen (secondary N) is 1. The Morgan fingerprint density at radius 2 is 1.86 bits per heavy atom. The molecule has 1 aromatic heterocycles. The minimum atomic E-state index is -0.343. The number of nitrogens with zero attached hydrogens (tertiary/aromatic N) is 1. The summed E-state index contributed by atoms with van der Waals surface area (Å²) in [5.41, 5.74) is 7.77. The molecule has 2 rings (SSSR count). The highest BCUT2D eigenvalue weighted by molar-refractivity contribution is 5.63. The van der Waals surface area contributed by atoms with Gasteiger partial charge in [0.05, 0.1) is 0 Å². The molecule has 0 aliphatic heterocycles. The third kappa shape index (κ3) is 1.64. The maximum absolute atomic E-state index is 10.7. The average molecular weight is 187 g/mol. The van der Waals surface area contributed by atoms with Gasteiger partial charge in [-0.15, -0.1) is 0 Å². The Bertz CT molecular complexity index is 467. The fraction of sp³-hybridized carbons (Fsp3) is 0. The summed E-state index contributed by atoms with van der Waals surface area (Å²) in [6, 6.07) is 7.37. The molecule has 0 atom stereocenters. The number of hydrogen-bond donors (Lipinski definition) is 2. The molecule has 0 bridgehead atoms. The lowest BCUT2D eigenvalue weighted by molar-refractivity contribution is 1.08. The number of hydrogen-bond acceptors (Lipinski definition) is 3. The molecule has 0 unspecified atom stereocenters. The summed E-state index contributed by atoms with van der Waals surface area (Å²) >= 11 is 0. The second-order valence-corrected chi connectivity index (χ2v) is 2.93. The number of nitrogen functional groups attached to an aromatic ring is 1. The number of anilines is 1. The van der Waals surface area contributed by atoms with Crippen molar-refractivity contribution >= 4 is 5.69 Å². The molecule has 0 saturated carbocycles. The van der Waals surface area contributed by atoms with Gasteiger partial charge < -0.3 is 10.7 Å². The number of nitrogens with two attached hydrogens (primary N) is 1. The van der Waals surface area contributed by atoms with Crippen LogP contribution in [0.1, 0.15) is 0 Å². The number of rotatable bonds is 1. The van der Waals surface area contributed by atoms with E-state index in [0.29, 0.717) is 5.69 Å². The van der Waals surface area contributed by atoms with E-state index in [9.17, 15) is 4.79 Å². The predicted octanol–water partition coefficient (Wildman–Crippen LogP) is 1.02. The lowest BCUT2D eigenvalue weighted by atomic mass is 10.1. The van der Waals surface area contributed by atoms with Gasteiger partial charge in [-0.2, -0.15) is 0 Å². The first kappa shape index (κ1) is 8.50. The quantitative estimate of drug-likeness (QED) is 0.654. The fourth-order valence-corrected chi connectivity index (χ4v) is 1.18. The number of aromatic amines is 1. The molecule has 0 spiro atoms. The third-order valence-corrected chi connectivity index (χ3v) is 1.92. The molecule has 3 N–H and O–H groups in total. The van der Waals surface area contributed by atoms with Crippen LogP contribution in [-0.2, 0) is 0 Å². The number of benzene rings is 1. The van der Waals surface area contributed by atoms with Gasteiger partial charge in [0.2, 0.25) is 0 Å². The van der Waals surface area contributed by atoms with Crippen molar-refractivity contribution in [2.75, 3.05) is 5.73 Å². The Balaban J connectivity index is 2.44. The Kier molecular flexibility index (Phi) is 2.02. The van der Waals surface area contributed by atoms with E-state index in [1.54, 1.807) is 18.3 Å². The summed E-state index contributed by atoms with van der Waals surface area (Å²) < 4.78 is 0. The molecule has 1 aromatic carbocycles. The molecule has 0 fully saturated rings. The van der Waals surface area contributed by atoms with E-state index in [2.05, 4.69) is 9.97 Å². The Morgan fingerprint density at radius 3 is 2.43 bits per heavy atom. The zero-order valence-corrected chi connectivity index (χ0v) is 7.40. The monoisotopic (exact) mass is 187 g/mol. The normalized spacial score (nSPS) is 10.0. The molecule has 2 aromatic rings. The first-order valence-electron chi connectivity index (χ1n) is 4.16. The highest BCUT2D eigenvalue weighted by atomic mass is 16.1. The SMILES string of the molecule is Nc1ccc(-c2cnc(=O)[nH]c2)cc1. The van der Waals surface area contributed by atoms with E-state index < -0.39 is 0 Å². The smallest absolute Gasteiger partial charge is 0.344 e. The summed E-state index contributed by atoms with van der Waals surface area (Å²) in [4.78, 5) is 16.9. The van der Waals surface area contributed by atoms with Gasteiger partial charge in [0.1, 0.15) is 0 Å². The van der Waals surface area contributed by atoms with Gasteiger partial charge in [-0.3, -0.25) is 0 Å². The highest BCUT2D eigenvalue weighted by Gasteiger charge is 1.96. The van der Waals surface area contributed by atoms with E-state index in [0.717, 1.165) is 11.1 Å². The molecule has 70 valence electrons. The van der Waals surface area contributed by atoms with Crippen LogP contribution in [0.25, 0.3) is 11.1 Å². The average Bonchev–Trinajstić information content (AvgIpc) is 2.21. The van der Waals surface area contributed by atoms with Crippen LogP contribution in [-0.4, -0.2) is 9.97 Å². The van der Waals surface area contributed by atoms with Crippen molar-refractivity contribution in [3.63, 3.8) is 0 Å². The number of aromatic nitrogens is 2. The molecule has 1 heterocycles. The maximum atomic E-state index is 10.7. The minimum absolute atomic E-state index is 0.343. The summed E-state index contributed by atoms with van der Waals surface area (Å²) in [6.07, 6.45) is 3.16. The standard InChI is InChI=1S/C10H9N3O/c11-9-3-1-7(2-4-9)8-5-12-10(14)13-6-8/h1-6H,11H2,(H,12,13,14). The summed E-state index contributed by atoms with van der Waals surface area (Å²) in [5.74, 6) is 0. The summed E-state index contributed by atoms with van der Waals surface area (Å²) in [5, 5.41) is 0. The first-order chi connectivity index (χ1) is 6.75. The minimum Gasteiger partial charge on any atom is -0.399 e. The Morgan fingerprint density at radius 1 is 1.14 bits per heavy atom. The van der Waals surface area contributed by atoms with Gasteiger partial charge in [-0.1, -0.05) is 12.1 Å². The van der Waals surface area contributed by atoms with Crippen molar-refractivity contribution in [3.05, 3.63) is 47.1 Å². The molecular formula is C10H9N3O. The second kappa shape index (κ2) is 3.33. The van der Waals surface area contributed by atoms with E-state index in [-0.39, 0.29) is 5.69 Å². The molecular weight excluding hydrogens is 178 g/mol. The van der Waals surface area contributed by atoms with Crippen LogP contribution in [0.4, 0.5) is 5.69 Å². The lowest BCUT2D eigenvalue weighted by Gasteiger charge is -1.99. The Hall–Kier alpha value is -2.10. The van der Waals surface area contributed by atoms with Crippen LogP contribution < -0.4 is 11.4 Å². The van der Waals surface area contributed by atoms with Gasteiger partial charge in [0.25, 0.3) is 0 Å². The molecule has 4 nitrogen and oxygen atoms in total. The molecule has 0 aliphatic carbocycles. The van der Waals surface area contributed by atoms with Crippen LogP contribution >= 0.6 is 0 Å². The van der Waals surface area contributed by atoms with E-state index >= 15 is 0 Å². The topological polar surface area (TPSA) is 71.8 Å². The van der Waals surface area contributed by atoms with Gasteiger partial charge in [-0.25, -0.2) is 9.78 Å². The van der Waals surface area contributed by atoms with Crippen molar-refractivity contribution in [2.45, 2.75) is 0 Å². The van der Waals surface area contributed by atoms with Crippen LogP contribution in [0.2, 0.25) is 0 Å². The van der Waals surface area contributed by atoms with Crippen molar-refractivity contribution in [3.8, 4) is 11.1 Å². The second-order valence-electron chi connectivity index (χ2n) is 2.93. The molecule has 0 saturated heterocycles. The molecule has 14 heavy (non-hydrogen) atoms. The first-order valence-corrected chi connectivity index (χ1v) is 4.16. The van der Waals surface area contributed by atoms with Crippen molar-refractivity contribution in [1.82, 2.24) is 9.97 Å². The maximum Gasteiger partial charge on any atom is 0.344 e. The summed E-state index contributed by atoms with van der Waals surface area (Å²) in [7, 11) is 0.